The summed E-state index contributed by atoms with van der Waals surface area (Å²) >= 11 is 5.17. The lowest BCUT2D eigenvalue weighted by Gasteiger charge is -2.37. The van der Waals surface area contributed by atoms with Crippen molar-refractivity contribution in [2.45, 2.75) is 50.2 Å². The van der Waals surface area contributed by atoms with Crippen molar-refractivity contribution in [3.63, 3.8) is 0 Å². The highest BCUT2D eigenvalue weighted by molar-refractivity contribution is 9.11. The molecule has 0 bridgehead atoms. The number of carbonyl (C=O) groups is 1. The van der Waals surface area contributed by atoms with E-state index in [1.807, 2.05) is 5.38 Å². The van der Waals surface area contributed by atoms with E-state index in [1.54, 1.807) is 11.3 Å². The maximum absolute atomic E-state index is 11.9. The summed E-state index contributed by atoms with van der Waals surface area (Å²) in [5.41, 5.74) is 1.34. The molecule has 3 rings (SSSR count). The van der Waals surface area contributed by atoms with Gasteiger partial charge < -0.3 is 10.1 Å². The smallest absolute Gasteiger partial charge is 0.220 e. The summed E-state index contributed by atoms with van der Waals surface area (Å²) in [5.74, 6) is 0.142. The van der Waals surface area contributed by atoms with Crippen LogP contribution < -0.4 is 5.32 Å². The number of amides is 1. The third-order valence-electron chi connectivity index (χ3n) is 4.15. The molecule has 1 amide bonds. The van der Waals surface area contributed by atoms with E-state index < -0.39 is 0 Å². The maximum Gasteiger partial charge on any atom is 0.220 e. The second-order valence-corrected chi connectivity index (χ2v) is 7.77. The molecular weight excluding hydrogens is 326 g/mol. The Morgan fingerprint density at radius 2 is 2.42 bits per heavy atom. The summed E-state index contributed by atoms with van der Waals surface area (Å²) < 4.78 is 6.98. The number of thiophene rings is 1. The molecule has 1 atom stereocenters. The standard InChI is InChI=1S/C14H18BrNO2S/c15-13-10(4-7-19-13)2-3-12(17)16-11-8-14(18-9-11)5-1-6-14/h4,7,11H,1-3,5-6,8-9H2,(H,16,17). The number of nitrogens with one attached hydrogen (secondary N) is 1. The van der Waals surface area contributed by atoms with E-state index in [-0.39, 0.29) is 17.6 Å². The van der Waals surface area contributed by atoms with Gasteiger partial charge >= 0.3 is 0 Å². The number of carbonyl (C=O) groups excluding carboxylic acids is 1. The maximum atomic E-state index is 11.9. The van der Waals surface area contributed by atoms with Crippen LogP contribution in [-0.2, 0) is 16.0 Å². The van der Waals surface area contributed by atoms with Crippen molar-refractivity contribution in [3.05, 3.63) is 20.8 Å². The first-order chi connectivity index (χ1) is 9.17. The zero-order valence-electron chi connectivity index (χ0n) is 10.8. The Hall–Kier alpha value is -0.390. The first-order valence-electron chi connectivity index (χ1n) is 6.82. The van der Waals surface area contributed by atoms with Crippen LogP contribution in [0.25, 0.3) is 0 Å². The highest BCUT2D eigenvalue weighted by Gasteiger charge is 2.45. The zero-order chi connectivity index (χ0) is 13.3. The van der Waals surface area contributed by atoms with Crippen molar-refractivity contribution in [1.29, 1.82) is 0 Å². The van der Waals surface area contributed by atoms with Gasteiger partial charge in [0.15, 0.2) is 0 Å². The second-order valence-electron chi connectivity index (χ2n) is 5.54. The molecule has 19 heavy (non-hydrogen) atoms. The van der Waals surface area contributed by atoms with Gasteiger partial charge in [-0.15, -0.1) is 11.3 Å². The largest absolute Gasteiger partial charge is 0.373 e. The normalized spacial score (nSPS) is 24.4. The SMILES string of the molecule is O=C(CCc1ccsc1Br)NC1COC2(CCC2)C1. The molecule has 104 valence electrons. The Bertz CT molecular complexity index is 470. The summed E-state index contributed by atoms with van der Waals surface area (Å²) in [6, 6.07) is 2.29. The van der Waals surface area contributed by atoms with E-state index in [2.05, 4.69) is 27.3 Å². The van der Waals surface area contributed by atoms with Gasteiger partial charge in [-0.1, -0.05) is 0 Å². The highest BCUT2D eigenvalue weighted by Crippen LogP contribution is 2.43. The highest BCUT2D eigenvalue weighted by atomic mass is 79.9. The number of halogens is 1. The Kier molecular flexibility index (Phi) is 3.96. The molecule has 2 aliphatic rings. The van der Waals surface area contributed by atoms with Crippen molar-refractivity contribution < 1.29 is 9.53 Å². The van der Waals surface area contributed by atoms with Gasteiger partial charge in [0.05, 0.1) is 22.0 Å². The van der Waals surface area contributed by atoms with Gasteiger partial charge in [-0.3, -0.25) is 4.79 Å². The third kappa shape index (κ3) is 3.03. The fourth-order valence-corrected chi connectivity index (χ4v) is 4.23. The molecule has 1 unspecified atom stereocenters. The van der Waals surface area contributed by atoms with Gasteiger partial charge in [0, 0.05) is 6.42 Å². The van der Waals surface area contributed by atoms with Crippen LogP contribution in [0.4, 0.5) is 0 Å². The molecule has 2 heterocycles. The number of rotatable bonds is 4. The molecule has 1 aromatic heterocycles. The summed E-state index contributed by atoms with van der Waals surface area (Å²) in [6.45, 7) is 0.688. The second kappa shape index (κ2) is 5.54. The van der Waals surface area contributed by atoms with Gasteiger partial charge in [-0.2, -0.15) is 0 Å². The molecule has 1 aliphatic carbocycles. The van der Waals surface area contributed by atoms with Crippen molar-refractivity contribution in [2.75, 3.05) is 6.61 Å². The van der Waals surface area contributed by atoms with E-state index in [1.165, 1.54) is 24.8 Å². The lowest BCUT2D eigenvalue weighted by atomic mass is 9.77. The van der Waals surface area contributed by atoms with Crippen LogP contribution in [0.1, 0.15) is 37.7 Å². The lowest BCUT2D eigenvalue weighted by molar-refractivity contribution is -0.121. The number of hydrogen-bond donors (Lipinski definition) is 1. The predicted molar refractivity (Wildman–Crippen MR) is 79.4 cm³/mol. The minimum Gasteiger partial charge on any atom is -0.373 e. The van der Waals surface area contributed by atoms with E-state index in [0.717, 1.165) is 16.6 Å². The number of aryl methyl sites for hydroxylation is 1. The lowest BCUT2D eigenvalue weighted by Crippen LogP contribution is -2.39. The van der Waals surface area contributed by atoms with Crippen LogP contribution in [0, 0.1) is 0 Å². The van der Waals surface area contributed by atoms with Crippen molar-refractivity contribution in [3.8, 4) is 0 Å². The molecule has 1 saturated heterocycles. The quantitative estimate of drug-likeness (QED) is 0.910. The van der Waals surface area contributed by atoms with Crippen LogP contribution in [0.15, 0.2) is 15.2 Å². The van der Waals surface area contributed by atoms with Gasteiger partial charge in [0.25, 0.3) is 0 Å². The predicted octanol–water partition coefficient (Wildman–Crippen LogP) is 3.27. The minimum absolute atomic E-state index is 0.119. The zero-order valence-corrected chi connectivity index (χ0v) is 13.2. The summed E-state index contributed by atoms with van der Waals surface area (Å²) in [4.78, 5) is 11.9. The van der Waals surface area contributed by atoms with Crippen molar-refractivity contribution in [2.24, 2.45) is 0 Å². The van der Waals surface area contributed by atoms with Crippen LogP contribution in [0.5, 0.6) is 0 Å². The summed E-state index contributed by atoms with van der Waals surface area (Å²) in [5, 5.41) is 5.15. The van der Waals surface area contributed by atoms with Crippen LogP contribution in [0.2, 0.25) is 0 Å². The average Bonchev–Trinajstić information content (AvgIpc) is 2.93. The molecule has 0 radical (unpaired) electrons. The molecule has 1 aliphatic heterocycles. The Morgan fingerprint density at radius 1 is 1.58 bits per heavy atom. The molecule has 1 aromatic rings. The fourth-order valence-electron chi connectivity index (χ4n) is 2.90. The van der Waals surface area contributed by atoms with Crippen molar-refractivity contribution in [1.82, 2.24) is 5.32 Å². The molecule has 5 heteroatoms. The van der Waals surface area contributed by atoms with E-state index >= 15 is 0 Å². The monoisotopic (exact) mass is 343 g/mol. The minimum atomic E-state index is 0.119. The van der Waals surface area contributed by atoms with Gasteiger partial charge in [0.2, 0.25) is 5.91 Å². The van der Waals surface area contributed by atoms with E-state index in [9.17, 15) is 4.79 Å². The van der Waals surface area contributed by atoms with E-state index in [0.29, 0.717) is 13.0 Å². The Morgan fingerprint density at radius 3 is 3.00 bits per heavy atom. The number of hydrogen-bond acceptors (Lipinski definition) is 3. The fraction of sp³-hybridized carbons (Fsp3) is 0.643. The molecule has 2 fully saturated rings. The Balaban J connectivity index is 1.43. The Labute approximate surface area is 125 Å². The van der Waals surface area contributed by atoms with Crippen LogP contribution in [-0.4, -0.2) is 24.2 Å². The molecule has 3 nitrogen and oxygen atoms in total. The average molecular weight is 344 g/mol. The van der Waals surface area contributed by atoms with Gasteiger partial charge in [-0.25, -0.2) is 0 Å². The summed E-state index contributed by atoms with van der Waals surface area (Å²) in [6.07, 6.45) is 5.96. The molecule has 1 saturated carbocycles. The third-order valence-corrected chi connectivity index (χ3v) is 5.96. The number of ether oxygens (including phenoxy) is 1. The summed E-state index contributed by atoms with van der Waals surface area (Å²) in [7, 11) is 0. The topological polar surface area (TPSA) is 38.3 Å². The van der Waals surface area contributed by atoms with E-state index in [4.69, 9.17) is 4.74 Å². The molecular formula is C14H18BrNO2S. The van der Waals surface area contributed by atoms with Crippen LogP contribution in [0.3, 0.4) is 0 Å². The first-order valence-corrected chi connectivity index (χ1v) is 8.49. The molecule has 0 aromatic carbocycles. The molecule has 1 N–H and O–H groups in total. The first kappa shape index (κ1) is 13.6. The van der Waals surface area contributed by atoms with Crippen molar-refractivity contribution >= 4 is 33.2 Å². The molecule has 1 spiro atoms. The van der Waals surface area contributed by atoms with Gasteiger partial charge in [0.1, 0.15) is 0 Å². The van der Waals surface area contributed by atoms with Crippen LogP contribution >= 0.6 is 27.3 Å². The van der Waals surface area contributed by atoms with Gasteiger partial charge in [-0.05, 0) is 65.0 Å².